The fraction of sp³-hybridized carbons (Fsp3) is 0.455. The van der Waals surface area contributed by atoms with Crippen molar-refractivity contribution in [2.75, 3.05) is 0 Å². The van der Waals surface area contributed by atoms with E-state index in [0.29, 0.717) is 18.4 Å². The molecule has 0 bridgehead atoms. The first-order valence-electron chi connectivity index (χ1n) is 4.95. The van der Waals surface area contributed by atoms with Gasteiger partial charge in [0, 0.05) is 16.1 Å². The van der Waals surface area contributed by atoms with Crippen molar-refractivity contribution in [2.24, 2.45) is 5.73 Å². The molecular formula is C11H13BrFNO. The summed E-state index contributed by atoms with van der Waals surface area (Å²) in [4.78, 5) is 0. The third kappa shape index (κ3) is 2.07. The first-order chi connectivity index (χ1) is 7.01. The lowest BCUT2D eigenvalue weighted by atomic mass is 9.91. The highest BCUT2D eigenvalue weighted by Crippen LogP contribution is 2.39. The zero-order valence-corrected chi connectivity index (χ0v) is 9.80. The smallest absolute Gasteiger partial charge is 0.129 e. The molecule has 3 N–H and O–H groups in total. The Kier molecular flexibility index (Phi) is 2.83. The minimum atomic E-state index is -1.09. The van der Waals surface area contributed by atoms with Crippen molar-refractivity contribution >= 4 is 15.9 Å². The fourth-order valence-corrected chi connectivity index (χ4v) is 2.52. The van der Waals surface area contributed by atoms with Gasteiger partial charge in [-0.15, -0.1) is 0 Å². The van der Waals surface area contributed by atoms with Crippen LogP contribution >= 0.6 is 15.9 Å². The summed E-state index contributed by atoms with van der Waals surface area (Å²) in [5.41, 5.74) is 5.00. The summed E-state index contributed by atoms with van der Waals surface area (Å²) in [6, 6.07) is 4.58. The van der Waals surface area contributed by atoms with E-state index in [2.05, 4.69) is 15.9 Å². The fourth-order valence-electron chi connectivity index (χ4n) is 2.16. The molecule has 1 aromatic carbocycles. The van der Waals surface area contributed by atoms with Crippen LogP contribution in [0, 0.1) is 5.82 Å². The van der Waals surface area contributed by atoms with Crippen molar-refractivity contribution in [3.05, 3.63) is 34.1 Å². The summed E-state index contributed by atoms with van der Waals surface area (Å²) in [5, 5.41) is 10.3. The lowest BCUT2D eigenvalue weighted by Gasteiger charge is -2.23. The first kappa shape index (κ1) is 11.0. The zero-order valence-electron chi connectivity index (χ0n) is 8.21. The van der Waals surface area contributed by atoms with Crippen LogP contribution in [-0.2, 0) is 5.60 Å². The molecule has 0 heterocycles. The second-order valence-corrected chi connectivity index (χ2v) is 5.07. The molecule has 2 nitrogen and oxygen atoms in total. The molecule has 1 aromatic rings. The summed E-state index contributed by atoms with van der Waals surface area (Å²) in [5.74, 6) is -0.366. The molecule has 2 atom stereocenters. The number of aliphatic hydroxyl groups is 1. The Morgan fingerprint density at radius 3 is 2.87 bits per heavy atom. The summed E-state index contributed by atoms with van der Waals surface area (Å²) in [6.07, 6.45) is 1.70. The van der Waals surface area contributed by atoms with Crippen molar-refractivity contribution in [1.29, 1.82) is 0 Å². The number of hydrogen-bond acceptors (Lipinski definition) is 2. The topological polar surface area (TPSA) is 46.2 Å². The number of rotatable bonds is 1. The number of benzene rings is 1. The Bertz CT molecular complexity index is 385. The molecule has 82 valence electrons. The average Bonchev–Trinajstić information content (AvgIpc) is 2.52. The Morgan fingerprint density at radius 1 is 1.53 bits per heavy atom. The van der Waals surface area contributed by atoms with Gasteiger partial charge < -0.3 is 10.8 Å². The van der Waals surface area contributed by atoms with E-state index in [4.69, 9.17) is 5.73 Å². The van der Waals surface area contributed by atoms with Crippen molar-refractivity contribution in [2.45, 2.75) is 30.9 Å². The summed E-state index contributed by atoms with van der Waals surface area (Å²) in [7, 11) is 0. The standard InChI is InChI=1S/C11H13BrFNO/c12-7-1-2-10(13)9(5-7)11(15)4-3-8(14)6-11/h1-2,5,8,15H,3-4,6,14H2. The lowest BCUT2D eigenvalue weighted by Crippen LogP contribution is -2.26. The van der Waals surface area contributed by atoms with E-state index in [1.54, 1.807) is 12.1 Å². The van der Waals surface area contributed by atoms with E-state index in [1.807, 2.05) is 0 Å². The molecular weight excluding hydrogens is 261 g/mol. The monoisotopic (exact) mass is 273 g/mol. The largest absolute Gasteiger partial charge is 0.385 e. The number of halogens is 2. The molecule has 1 saturated carbocycles. The number of nitrogens with two attached hydrogens (primary N) is 1. The van der Waals surface area contributed by atoms with Gasteiger partial charge in [-0.1, -0.05) is 15.9 Å². The molecule has 0 spiro atoms. The van der Waals surface area contributed by atoms with E-state index in [1.165, 1.54) is 6.07 Å². The molecule has 0 saturated heterocycles. The van der Waals surface area contributed by atoms with Crippen molar-refractivity contribution in [3.63, 3.8) is 0 Å². The third-order valence-electron chi connectivity index (χ3n) is 2.96. The maximum atomic E-state index is 13.6. The van der Waals surface area contributed by atoms with Gasteiger partial charge in [0.15, 0.2) is 0 Å². The quantitative estimate of drug-likeness (QED) is 0.825. The van der Waals surface area contributed by atoms with Crippen LogP contribution in [0.4, 0.5) is 4.39 Å². The van der Waals surface area contributed by atoms with Crippen LogP contribution in [0.3, 0.4) is 0 Å². The highest BCUT2D eigenvalue weighted by atomic mass is 79.9. The minimum absolute atomic E-state index is 0.0339. The van der Waals surface area contributed by atoms with Crippen LogP contribution < -0.4 is 5.73 Å². The summed E-state index contributed by atoms with van der Waals surface area (Å²) < 4.78 is 14.3. The second kappa shape index (κ2) is 3.85. The van der Waals surface area contributed by atoms with Crippen molar-refractivity contribution in [3.8, 4) is 0 Å². The molecule has 0 aliphatic heterocycles. The minimum Gasteiger partial charge on any atom is -0.385 e. The van der Waals surface area contributed by atoms with Crippen LogP contribution in [0.25, 0.3) is 0 Å². The van der Waals surface area contributed by atoms with E-state index >= 15 is 0 Å². The molecule has 2 unspecified atom stereocenters. The Hall–Kier alpha value is -0.450. The van der Waals surface area contributed by atoms with Crippen LogP contribution in [0.1, 0.15) is 24.8 Å². The average molecular weight is 274 g/mol. The highest BCUT2D eigenvalue weighted by molar-refractivity contribution is 9.10. The van der Waals surface area contributed by atoms with Crippen molar-refractivity contribution < 1.29 is 9.50 Å². The Morgan fingerprint density at radius 2 is 2.27 bits per heavy atom. The molecule has 15 heavy (non-hydrogen) atoms. The van der Waals surface area contributed by atoms with Crippen LogP contribution in [0.2, 0.25) is 0 Å². The Balaban J connectivity index is 2.40. The summed E-state index contributed by atoms with van der Waals surface area (Å²) in [6.45, 7) is 0. The van der Waals surface area contributed by atoms with Gasteiger partial charge in [-0.25, -0.2) is 4.39 Å². The van der Waals surface area contributed by atoms with Crippen LogP contribution in [0.15, 0.2) is 22.7 Å². The van der Waals surface area contributed by atoms with Gasteiger partial charge in [-0.2, -0.15) is 0 Å². The highest BCUT2D eigenvalue weighted by Gasteiger charge is 2.39. The molecule has 0 aromatic heterocycles. The molecule has 1 aliphatic carbocycles. The van der Waals surface area contributed by atoms with Gasteiger partial charge in [-0.05, 0) is 37.5 Å². The zero-order chi connectivity index (χ0) is 11.1. The maximum Gasteiger partial charge on any atom is 0.129 e. The van der Waals surface area contributed by atoms with Crippen LogP contribution in [-0.4, -0.2) is 11.1 Å². The van der Waals surface area contributed by atoms with E-state index in [9.17, 15) is 9.50 Å². The van der Waals surface area contributed by atoms with Gasteiger partial charge in [0.05, 0.1) is 5.60 Å². The Labute approximate surface area is 96.4 Å². The maximum absolute atomic E-state index is 13.6. The van der Waals surface area contributed by atoms with Gasteiger partial charge in [0.1, 0.15) is 5.82 Å². The molecule has 0 radical (unpaired) electrons. The van der Waals surface area contributed by atoms with Gasteiger partial charge in [0.2, 0.25) is 0 Å². The van der Waals surface area contributed by atoms with E-state index in [0.717, 1.165) is 10.9 Å². The van der Waals surface area contributed by atoms with Gasteiger partial charge >= 0.3 is 0 Å². The van der Waals surface area contributed by atoms with E-state index < -0.39 is 5.60 Å². The van der Waals surface area contributed by atoms with Gasteiger partial charge in [-0.3, -0.25) is 0 Å². The number of hydrogen-bond donors (Lipinski definition) is 2. The molecule has 2 rings (SSSR count). The third-order valence-corrected chi connectivity index (χ3v) is 3.45. The summed E-state index contributed by atoms with van der Waals surface area (Å²) >= 11 is 3.27. The van der Waals surface area contributed by atoms with Crippen LogP contribution in [0.5, 0.6) is 0 Å². The second-order valence-electron chi connectivity index (χ2n) is 4.16. The predicted molar refractivity (Wildman–Crippen MR) is 59.8 cm³/mol. The molecule has 1 fully saturated rings. The SMILES string of the molecule is NC1CCC(O)(c2cc(Br)ccc2F)C1. The predicted octanol–water partition coefficient (Wildman–Crippen LogP) is 2.29. The van der Waals surface area contributed by atoms with E-state index in [-0.39, 0.29) is 11.9 Å². The molecule has 4 heteroatoms. The van der Waals surface area contributed by atoms with Crippen molar-refractivity contribution in [1.82, 2.24) is 0 Å². The first-order valence-corrected chi connectivity index (χ1v) is 5.74. The molecule has 1 aliphatic rings. The normalized spacial score (nSPS) is 30.8. The lowest BCUT2D eigenvalue weighted by molar-refractivity contribution is 0.0393. The van der Waals surface area contributed by atoms with Gasteiger partial charge in [0.25, 0.3) is 0 Å². The molecule has 0 amide bonds.